The molecule has 0 aliphatic rings. The van der Waals surface area contributed by atoms with Crippen molar-refractivity contribution in [3.05, 3.63) is 83.8 Å². The molecule has 1 N–H and O–H groups in total. The lowest BCUT2D eigenvalue weighted by Gasteiger charge is -2.18. The summed E-state index contributed by atoms with van der Waals surface area (Å²) < 4.78 is 16.3. The van der Waals surface area contributed by atoms with Crippen LogP contribution in [0.1, 0.15) is 34.6 Å². The van der Waals surface area contributed by atoms with Gasteiger partial charge in [-0.1, -0.05) is 30.3 Å². The quantitative estimate of drug-likeness (QED) is 0.603. The first-order valence-corrected chi connectivity index (χ1v) is 8.78. The predicted octanol–water partition coefficient (Wildman–Crippen LogP) is 3.78. The van der Waals surface area contributed by atoms with E-state index in [9.17, 15) is 9.59 Å². The van der Waals surface area contributed by atoms with Crippen LogP contribution in [-0.2, 0) is 4.79 Å². The molecular formula is C22H21NO5. The highest BCUT2D eigenvalue weighted by Crippen LogP contribution is 2.28. The molecule has 0 spiro atoms. The molecule has 6 nitrogen and oxygen atoms in total. The standard InChI is InChI=1S/C22H21NO5/c1-15(24)17-10-11-18(20(13-17)26-2)28-14-21(25)23-22(19-9-6-12-27-19)16-7-4-3-5-8-16/h3-13,22H,14H2,1-2H3,(H,23,25). The molecule has 0 fully saturated rings. The first kappa shape index (κ1) is 19.2. The summed E-state index contributed by atoms with van der Waals surface area (Å²) in [5.41, 5.74) is 1.41. The minimum Gasteiger partial charge on any atom is -0.493 e. The zero-order chi connectivity index (χ0) is 19.9. The van der Waals surface area contributed by atoms with Crippen molar-refractivity contribution in [2.24, 2.45) is 0 Å². The van der Waals surface area contributed by atoms with Gasteiger partial charge in [0.1, 0.15) is 11.8 Å². The number of hydrogen-bond acceptors (Lipinski definition) is 5. The number of amides is 1. The lowest BCUT2D eigenvalue weighted by Crippen LogP contribution is -2.33. The van der Waals surface area contributed by atoms with Crippen LogP contribution in [0.4, 0.5) is 0 Å². The van der Waals surface area contributed by atoms with Crippen LogP contribution in [0.5, 0.6) is 11.5 Å². The minimum atomic E-state index is -0.422. The molecule has 1 atom stereocenters. The molecule has 3 aromatic rings. The molecule has 0 aliphatic heterocycles. The average Bonchev–Trinajstić information content (AvgIpc) is 3.25. The number of ether oxygens (including phenoxy) is 2. The number of Topliss-reactive ketones (excluding diaryl/α,β-unsaturated/α-hetero) is 1. The van der Waals surface area contributed by atoms with Crippen molar-refractivity contribution in [2.45, 2.75) is 13.0 Å². The second-order valence-electron chi connectivity index (χ2n) is 6.14. The van der Waals surface area contributed by atoms with Gasteiger partial charge < -0.3 is 19.2 Å². The summed E-state index contributed by atoms with van der Waals surface area (Å²) in [6.07, 6.45) is 1.56. The highest BCUT2D eigenvalue weighted by atomic mass is 16.5. The van der Waals surface area contributed by atoms with Crippen molar-refractivity contribution in [3.8, 4) is 11.5 Å². The van der Waals surface area contributed by atoms with Crippen LogP contribution >= 0.6 is 0 Å². The van der Waals surface area contributed by atoms with E-state index < -0.39 is 6.04 Å². The van der Waals surface area contributed by atoms with Gasteiger partial charge in [-0.3, -0.25) is 9.59 Å². The number of methoxy groups -OCH3 is 1. The topological polar surface area (TPSA) is 77.8 Å². The Morgan fingerprint density at radius 3 is 2.46 bits per heavy atom. The van der Waals surface area contributed by atoms with E-state index in [-0.39, 0.29) is 18.3 Å². The largest absolute Gasteiger partial charge is 0.493 e. The first-order chi connectivity index (χ1) is 13.6. The van der Waals surface area contributed by atoms with Crippen molar-refractivity contribution in [2.75, 3.05) is 13.7 Å². The smallest absolute Gasteiger partial charge is 0.258 e. The summed E-state index contributed by atoms with van der Waals surface area (Å²) in [5, 5.41) is 2.92. The van der Waals surface area contributed by atoms with Crippen LogP contribution in [0.15, 0.2) is 71.3 Å². The fourth-order valence-electron chi connectivity index (χ4n) is 2.77. The Balaban J connectivity index is 1.70. The molecule has 28 heavy (non-hydrogen) atoms. The van der Waals surface area contributed by atoms with E-state index in [0.717, 1.165) is 5.56 Å². The molecular weight excluding hydrogens is 358 g/mol. The fraction of sp³-hybridized carbons (Fsp3) is 0.182. The van der Waals surface area contributed by atoms with E-state index >= 15 is 0 Å². The van der Waals surface area contributed by atoms with E-state index in [0.29, 0.717) is 22.8 Å². The maximum atomic E-state index is 12.5. The number of nitrogens with one attached hydrogen (secondary N) is 1. The summed E-state index contributed by atoms with van der Waals surface area (Å²) >= 11 is 0. The molecule has 0 bridgehead atoms. The maximum Gasteiger partial charge on any atom is 0.258 e. The third-order valence-corrected chi connectivity index (χ3v) is 4.19. The van der Waals surface area contributed by atoms with E-state index in [1.807, 2.05) is 36.4 Å². The van der Waals surface area contributed by atoms with Crippen LogP contribution in [0, 0.1) is 0 Å². The van der Waals surface area contributed by atoms with Crippen molar-refractivity contribution in [1.29, 1.82) is 0 Å². The molecule has 1 amide bonds. The highest BCUT2D eigenvalue weighted by molar-refractivity contribution is 5.94. The summed E-state index contributed by atoms with van der Waals surface area (Å²) in [4.78, 5) is 24.0. The normalized spacial score (nSPS) is 11.5. The molecule has 144 valence electrons. The van der Waals surface area contributed by atoms with Gasteiger partial charge in [0.25, 0.3) is 5.91 Å². The van der Waals surface area contributed by atoms with Crippen LogP contribution in [0.2, 0.25) is 0 Å². The molecule has 0 aliphatic carbocycles. The second-order valence-corrected chi connectivity index (χ2v) is 6.14. The molecule has 1 unspecified atom stereocenters. The second kappa shape index (κ2) is 8.90. The molecule has 1 heterocycles. The van der Waals surface area contributed by atoms with Crippen molar-refractivity contribution in [3.63, 3.8) is 0 Å². The van der Waals surface area contributed by atoms with Crippen molar-refractivity contribution in [1.82, 2.24) is 5.32 Å². The van der Waals surface area contributed by atoms with Gasteiger partial charge in [-0.25, -0.2) is 0 Å². The Morgan fingerprint density at radius 2 is 1.82 bits per heavy atom. The van der Waals surface area contributed by atoms with Crippen LogP contribution < -0.4 is 14.8 Å². The molecule has 1 aromatic heterocycles. The lowest BCUT2D eigenvalue weighted by atomic mass is 10.0. The lowest BCUT2D eigenvalue weighted by molar-refractivity contribution is -0.123. The van der Waals surface area contributed by atoms with E-state index in [4.69, 9.17) is 13.9 Å². The predicted molar refractivity (Wildman–Crippen MR) is 104 cm³/mol. The molecule has 3 rings (SSSR count). The number of rotatable bonds is 8. The molecule has 0 radical (unpaired) electrons. The Labute approximate surface area is 163 Å². The number of carbonyl (C=O) groups is 2. The third kappa shape index (κ3) is 4.59. The summed E-state index contributed by atoms with van der Waals surface area (Å²) in [7, 11) is 1.48. The van der Waals surface area contributed by atoms with Crippen LogP contribution in [0.3, 0.4) is 0 Å². The number of hydrogen-bond donors (Lipinski definition) is 1. The van der Waals surface area contributed by atoms with Gasteiger partial charge in [0, 0.05) is 5.56 Å². The maximum absolute atomic E-state index is 12.5. The van der Waals surface area contributed by atoms with E-state index in [1.54, 1.807) is 30.5 Å². The minimum absolute atomic E-state index is 0.0771. The van der Waals surface area contributed by atoms with Crippen LogP contribution in [-0.4, -0.2) is 25.4 Å². The Hall–Kier alpha value is -3.54. The van der Waals surface area contributed by atoms with E-state index in [2.05, 4.69) is 5.32 Å². The van der Waals surface area contributed by atoms with Crippen molar-refractivity contribution < 1.29 is 23.5 Å². The summed E-state index contributed by atoms with van der Waals surface area (Å²) in [5.74, 6) is 1.01. The molecule has 0 saturated carbocycles. The molecule has 6 heteroatoms. The van der Waals surface area contributed by atoms with Crippen molar-refractivity contribution >= 4 is 11.7 Å². The van der Waals surface area contributed by atoms with Gasteiger partial charge in [-0.15, -0.1) is 0 Å². The Morgan fingerprint density at radius 1 is 1.04 bits per heavy atom. The monoisotopic (exact) mass is 379 g/mol. The SMILES string of the molecule is COc1cc(C(C)=O)ccc1OCC(=O)NC(c1ccccc1)c1ccco1. The number of benzene rings is 2. The Kier molecular flexibility index (Phi) is 6.11. The first-order valence-electron chi connectivity index (χ1n) is 8.78. The average molecular weight is 379 g/mol. The zero-order valence-electron chi connectivity index (χ0n) is 15.7. The Bertz CT molecular complexity index is 935. The van der Waals surface area contributed by atoms with Crippen LogP contribution in [0.25, 0.3) is 0 Å². The van der Waals surface area contributed by atoms with Gasteiger partial charge >= 0.3 is 0 Å². The number of ketones is 1. The summed E-state index contributed by atoms with van der Waals surface area (Å²) in [6, 6.07) is 17.5. The van der Waals surface area contributed by atoms with Gasteiger partial charge in [-0.2, -0.15) is 0 Å². The zero-order valence-corrected chi connectivity index (χ0v) is 15.7. The number of carbonyl (C=O) groups excluding carboxylic acids is 2. The van der Waals surface area contributed by atoms with Gasteiger partial charge in [-0.05, 0) is 42.8 Å². The van der Waals surface area contributed by atoms with Gasteiger partial charge in [0.05, 0.1) is 13.4 Å². The number of furan rings is 1. The van der Waals surface area contributed by atoms with Gasteiger partial charge in [0.2, 0.25) is 0 Å². The highest BCUT2D eigenvalue weighted by Gasteiger charge is 2.20. The fourth-order valence-corrected chi connectivity index (χ4v) is 2.77. The van der Waals surface area contributed by atoms with E-state index in [1.165, 1.54) is 14.0 Å². The third-order valence-electron chi connectivity index (χ3n) is 4.19. The summed E-state index contributed by atoms with van der Waals surface area (Å²) in [6.45, 7) is 1.26. The molecule has 0 saturated heterocycles. The van der Waals surface area contributed by atoms with Gasteiger partial charge in [0.15, 0.2) is 23.9 Å². The molecule has 2 aromatic carbocycles.